The first-order valence-electron chi connectivity index (χ1n) is 10.1. The van der Waals surface area contributed by atoms with E-state index in [0.29, 0.717) is 0 Å². The van der Waals surface area contributed by atoms with Gasteiger partial charge in [0.15, 0.2) is 0 Å². The molecule has 0 amide bonds. The first-order chi connectivity index (χ1) is 15.3. The fourth-order valence-corrected chi connectivity index (χ4v) is 5.00. The van der Waals surface area contributed by atoms with Crippen LogP contribution in [0.4, 0.5) is 4.39 Å². The van der Waals surface area contributed by atoms with Crippen molar-refractivity contribution in [3.63, 3.8) is 0 Å². The summed E-state index contributed by atoms with van der Waals surface area (Å²) in [7, 11) is 0. The molecule has 0 bridgehead atoms. The van der Waals surface area contributed by atoms with Gasteiger partial charge in [0.25, 0.3) is 0 Å². The van der Waals surface area contributed by atoms with Crippen LogP contribution in [0.1, 0.15) is 0 Å². The summed E-state index contributed by atoms with van der Waals surface area (Å²) in [6.07, 6.45) is 0. The Morgan fingerprint density at radius 2 is 1.48 bits per heavy atom. The van der Waals surface area contributed by atoms with Crippen LogP contribution in [0.3, 0.4) is 0 Å². The number of benzene rings is 4. The van der Waals surface area contributed by atoms with Gasteiger partial charge in [-0.1, -0.05) is 54.6 Å². The van der Waals surface area contributed by atoms with Crippen molar-refractivity contribution in [1.29, 1.82) is 0 Å². The molecule has 2 aromatic heterocycles. The zero-order valence-corrected chi connectivity index (χ0v) is 17.3. The Hall–Kier alpha value is -3.76. The molecule has 2 nitrogen and oxygen atoms in total. The van der Waals surface area contributed by atoms with E-state index in [-0.39, 0.29) is 5.82 Å². The Labute approximate surface area is 182 Å². The molecule has 2 heterocycles. The highest BCUT2D eigenvalue weighted by molar-refractivity contribution is 7.17. The van der Waals surface area contributed by atoms with E-state index in [4.69, 9.17) is 4.98 Å². The number of aromatic nitrogens is 2. The molecule has 0 fully saturated rings. The van der Waals surface area contributed by atoms with Crippen LogP contribution in [0.2, 0.25) is 0 Å². The minimum absolute atomic E-state index is 0.234. The second-order valence-electron chi connectivity index (χ2n) is 7.46. The summed E-state index contributed by atoms with van der Waals surface area (Å²) in [4.78, 5) is 4.94. The van der Waals surface area contributed by atoms with E-state index in [9.17, 15) is 4.39 Å². The SMILES string of the molecule is Fc1ccc2scc(-c3nc4ccccc4n3-c3ccc(-c4ccccc4)cc3)c2c1. The Balaban J connectivity index is 1.57. The molecule has 0 aliphatic rings. The van der Waals surface area contributed by atoms with Gasteiger partial charge in [-0.2, -0.15) is 0 Å². The molecule has 0 spiro atoms. The first-order valence-corrected chi connectivity index (χ1v) is 11.0. The Bertz CT molecular complexity index is 1530. The molecule has 0 unspecified atom stereocenters. The van der Waals surface area contributed by atoms with Gasteiger partial charge in [0.05, 0.1) is 11.0 Å². The van der Waals surface area contributed by atoms with Gasteiger partial charge in [0.1, 0.15) is 11.6 Å². The van der Waals surface area contributed by atoms with Crippen molar-refractivity contribution in [3.8, 4) is 28.2 Å². The van der Waals surface area contributed by atoms with Gasteiger partial charge < -0.3 is 0 Å². The summed E-state index contributed by atoms with van der Waals surface area (Å²) >= 11 is 1.61. The third-order valence-electron chi connectivity index (χ3n) is 5.57. The number of thiophene rings is 1. The highest BCUT2D eigenvalue weighted by Gasteiger charge is 2.17. The van der Waals surface area contributed by atoms with Crippen LogP contribution in [-0.4, -0.2) is 9.55 Å². The molecule has 6 aromatic rings. The van der Waals surface area contributed by atoms with Crippen LogP contribution < -0.4 is 0 Å². The predicted octanol–water partition coefficient (Wildman–Crippen LogP) is 7.71. The summed E-state index contributed by atoms with van der Waals surface area (Å²) in [5, 5.41) is 2.96. The summed E-state index contributed by atoms with van der Waals surface area (Å²) in [6.45, 7) is 0. The van der Waals surface area contributed by atoms with Crippen LogP contribution in [0.5, 0.6) is 0 Å². The maximum absolute atomic E-state index is 14.0. The highest BCUT2D eigenvalue weighted by atomic mass is 32.1. The molecule has 31 heavy (non-hydrogen) atoms. The molecule has 0 aliphatic heterocycles. The minimum Gasteiger partial charge on any atom is -0.292 e. The molecule has 4 heteroatoms. The maximum Gasteiger partial charge on any atom is 0.147 e. The van der Waals surface area contributed by atoms with Gasteiger partial charge in [-0.15, -0.1) is 11.3 Å². The van der Waals surface area contributed by atoms with Crippen molar-refractivity contribution < 1.29 is 4.39 Å². The van der Waals surface area contributed by atoms with Crippen molar-refractivity contribution in [2.24, 2.45) is 0 Å². The fraction of sp³-hybridized carbons (Fsp3) is 0. The molecule has 0 aliphatic carbocycles. The third-order valence-corrected chi connectivity index (χ3v) is 6.53. The van der Waals surface area contributed by atoms with Crippen molar-refractivity contribution >= 4 is 32.5 Å². The topological polar surface area (TPSA) is 17.8 Å². The number of imidazole rings is 1. The number of rotatable bonds is 3. The normalized spacial score (nSPS) is 11.4. The predicted molar refractivity (Wildman–Crippen MR) is 127 cm³/mol. The van der Waals surface area contributed by atoms with E-state index in [2.05, 4.69) is 52.4 Å². The highest BCUT2D eigenvalue weighted by Crippen LogP contribution is 2.37. The van der Waals surface area contributed by atoms with Crippen LogP contribution in [0, 0.1) is 5.82 Å². The summed E-state index contributed by atoms with van der Waals surface area (Å²) in [5.74, 6) is 0.590. The lowest BCUT2D eigenvalue weighted by Gasteiger charge is -2.10. The fourth-order valence-electron chi connectivity index (χ4n) is 4.08. The zero-order chi connectivity index (χ0) is 20.8. The van der Waals surface area contributed by atoms with Gasteiger partial charge in [0.2, 0.25) is 0 Å². The summed E-state index contributed by atoms with van der Waals surface area (Å²) in [6, 6.07) is 31.9. The third kappa shape index (κ3) is 3.04. The summed E-state index contributed by atoms with van der Waals surface area (Å²) in [5.41, 5.74) is 6.27. The second-order valence-corrected chi connectivity index (χ2v) is 8.37. The number of para-hydroxylation sites is 2. The van der Waals surface area contributed by atoms with Gasteiger partial charge in [-0.05, 0) is 53.6 Å². The molecular weight excluding hydrogens is 403 g/mol. The largest absolute Gasteiger partial charge is 0.292 e. The van der Waals surface area contributed by atoms with E-state index >= 15 is 0 Å². The number of nitrogens with zero attached hydrogens (tertiary/aromatic N) is 2. The number of hydrogen-bond acceptors (Lipinski definition) is 2. The van der Waals surface area contributed by atoms with Gasteiger partial charge in [0, 0.05) is 26.7 Å². The van der Waals surface area contributed by atoms with Crippen LogP contribution >= 0.6 is 11.3 Å². The monoisotopic (exact) mass is 420 g/mol. The van der Waals surface area contributed by atoms with E-state index in [1.54, 1.807) is 17.4 Å². The smallest absolute Gasteiger partial charge is 0.147 e. The van der Waals surface area contributed by atoms with E-state index in [0.717, 1.165) is 38.2 Å². The summed E-state index contributed by atoms with van der Waals surface area (Å²) < 4.78 is 17.2. The average Bonchev–Trinajstić information content (AvgIpc) is 3.40. The molecule has 0 saturated carbocycles. The van der Waals surface area contributed by atoms with Crippen molar-refractivity contribution in [1.82, 2.24) is 9.55 Å². The lowest BCUT2D eigenvalue weighted by molar-refractivity contribution is 0.630. The van der Waals surface area contributed by atoms with Crippen LogP contribution in [-0.2, 0) is 0 Å². The first kappa shape index (κ1) is 18.0. The quantitative estimate of drug-likeness (QED) is 0.287. The Kier molecular flexibility index (Phi) is 4.18. The van der Waals surface area contributed by atoms with Gasteiger partial charge in [-0.3, -0.25) is 4.57 Å². The number of hydrogen-bond donors (Lipinski definition) is 0. The maximum atomic E-state index is 14.0. The lowest BCUT2D eigenvalue weighted by Crippen LogP contribution is -1.97. The standard InChI is InChI=1S/C27H17FN2S/c28-20-12-15-26-22(16-20)23(17-31-26)27-29-24-8-4-5-9-25(24)30(27)21-13-10-19(11-14-21)18-6-2-1-3-7-18/h1-17H. The second kappa shape index (κ2) is 7.18. The van der Waals surface area contributed by atoms with E-state index < -0.39 is 0 Å². The molecular formula is C27H17FN2S. The Morgan fingerprint density at radius 1 is 0.742 bits per heavy atom. The lowest BCUT2D eigenvalue weighted by atomic mass is 10.1. The van der Waals surface area contributed by atoms with E-state index in [1.165, 1.54) is 17.2 Å². The molecule has 4 aromatic carbocycles. The molecule has 6 rings (SSSR count). The molecule has 148 valence electrons. The van der Waals surface area contributed by atoms with Crippen molar-refractivity contribution in [3.05, 3.63) is 108 Å². The number of fused-ring (bicyclic) bond motifs is 2. The van der Waals surface area contributed by atoms with Gasteiger partial charge >= 0.3 is 0 Å². The van der Waals surface area contributed by atoms with E-state index in [1.807, 2.05) is 42.5 Å². The van der Waals surface area contributed by atoms with Gasteiger partial charge in [-0.25, -0.2) is 9.37 Å². The molecule has 0 saturated heterocycles. The van der Waals surface area contributed by atoms with Crippen LogP contribution in [0.25, 0.3) is 49.3 Å². The zero-order valence-electron chi connectivity index (χ0n) is 16.5. The minimum atomic E-state index is -0.234. The number of halogens is 1. The molecule has 0 atom stereocenters. The van der Waals surface area contributed by atoms with Crippen molar-refractivity contribution in [2.75, 3.05) is 0 Å². The Morgan fingerprint density at radius 3 is 2.32 bits per heavy atom. The molecule has 0 N–H and O–H groups in total. The van der Waals surface area contributed by atoms with Crippen molar-refractivity contribution in [2.45, 2.75) is 0 Å². The molecule has 0 radical (unpaired) electrons. The van der Waals surface area contributed by atoms with Crippen LogP contribution in [0.15, 0.2) is 102 Å². The average molecular weight is 421 g/mol.